The summed E-state index contributed by atoms with van der Waals surface area (Å²) >= 11 is 0. The van der Waals surface area contributed by atoms with Crippen LogP contribution >= 0.6 is 0 Å². The minimum absolute atomic E-state index is 0.0288. The fourth-order valence-corrected chi connectivity index (χ4v) is 4.10. The maximum Gasteiger partial charge on any atom is 0.256 e. The number of nitrogens with zero attached hydrogens (tertiary/aromatic N) is 2. The van der Waals surface area contributed by atoms with Crippen molar-refractivity contribution in [2.45, 2.75) is 32.6 Å². The monoisotopic (exact) mass is 383 g/mol. The quantitative estimate of drug-likeness (QED) is 0.714. The molecular formula is C22H23F2N3O. The number of piperidine rings is 1. The lowest BCUT2D eigenvalue weighted by molar-refractivity contribution is 0.0670. The van der Waals surface area contributed by atoms with Crippen LogP contribution < -0.4 is 0 Å². The number of nitrogens with one attached hydrogen (secondary N) is 1. The number of likely N-dealkylation sites (tertiary alicyclic amines) is 1. The van der Waals surface area contributed by atoms with Crippen LogP contribution in [0.1, 0.15) is 41.0 Å². The molecule has 1 atom stereocenters. The lowest BCUT2D eigenvalue weighted by Gasteiger charge is -2.33. The van der Waals surface area contributed by atoms with E-state index in [0.717, 1.165) is 24.2 Å². The Morgan fingerprint density at radius 1 is 1.21 bits per heavy atom. The highest BCUT2D eigenvalue weighted by Crippen LogP contribution is 2.26. The standard InChI is InChI=1S/C22H23F2N3O/c1-14-25-20-9-2-6-17(21(20)26-14)22(28)27-12-4-5-15(13-27)10-11-16-18(23)7-3-8-19(16)24/h2-3,6-9,15H,4-5,10-13H2,1H3,(H,25,26)/t15-/m0/s1. The summed E-state index contributed by atoms with van der Waals surface area (Å²) in [5.41, 5.74) is 2.29. The van der Waals surface area contributed by atoms with Gasteiger partial charge < -0.3 is 9.88 Å². The van der Waals surface area contributed by atoms with E-state index < -0.39 is 11.6 Å². The highest BCUT2D eigenvalue weighted by atomic mass is 19.1. The number of hydrogen-bond donors (Lipinski definition) is 1. The van der Waals surface area contributed by atoms with Crippen molar-refractivity contribution in [1.29, 1.82) is 0 Å². The number of para-hydroxylation sites is 1. The van der Waals surface area contributed by atoms with Gasteiger partial charge in [0, 0.05) is 18.7 Å². The zero-order valence-electron chi connectivity index (χ0n) is 15.8. The highest BCUT2D eigenvalue weighted by molar-refractivity contribution is 6.04. The summed E-state index contributed by atoms with van der Waals surface area (Å²) < 4.78 is 27.7. The summed E-state index contributed by atoms with van der Waals surface area (Å²) in [6.07, 6.45) is 2.87. The molecule has 1 fully saturated rings. The van der Waals surface area contributed by atoms with E-state index in [-0.39, 0.29) is 17.4 Å². The number of hydrogen-bond acceptors (Lipinski definition) is 2. The van der Waals surface area contributed by atoms with Crippen molar-refractivity contribution < 1.29 is 13.6 Å². The molecule has 3 aromatic rings. The predicted molar refractivity (Wildman–Crippen MR) is 104 cm³/mol. The number of fused-ring (bicyclic) bond motifs is 1. The van der Waals surface area contributed by atoms with Gasteiger partial charge >= 0.3 is 0 Å². The first-order valence-electron chi connectivity index (χ1n) is 9.70. The van der Waals surface area contributed by atoms with Gasteiger partial charge in [0.25, 0.3) is 5.91 Å². The topological polar surface area (TPSA) is 49.0 Å². The molecule has 4 nitrogen and oxygen atoms in total. The minimum Gasteiger partial charge on any atom is -0.342 e. The molecule has 28 heavy (non-hydrogen) atoms. The van der Waals surface area contributed by atoms with Crippen molar-refractivity contribution in [2.75, 3.05) is 13.1 Å². The van der Waals surface area contributed by atoms with E-state index in [2.05, 4.69) is 9.97 Å². The van der Waals surface area contributed by atoms with Crippen molar-refractivity contribution in [1.82, 2.24) is 14.9 Å². The summed E-state index contributed by atoms with van der Waals surface area (Å²) in [7, 11) is 0. The lowest BCUT2D eigenvalue weighted by atomic mass is 9.91. The van der Waals surface area contributed by atoms with E-state index in [1.165, 1.54) is 18.2 Å². The van der Waals surface area contributed by atoms with Gasteiger partial charge in [-0.3, -0.25) is 4.79 Å². The van der Waals surface area contributed by atoms with Crippen molar-refractivity contribution in [3.63, 3.8) is 0 Å². The van der Waals surface area contributed by atoms with Crippen LogP contribution in [0.2, 0.25) is 0 Å². The Hall–Kier alpha value is -2.76. The molecule has 2 aromatic carbocycles. The molecule has 1 aliphatic heterocycles. The maximum absolute atomic E-state index is 13.9. The first-order valence-corrected chi connectivity index (χ1v) is 9.70. The zero-order valence-corrected chi connectivity index (χ0v) is 15.8. The highest BCUT2D eigenvalue weighted by Gasteiger charge is 2.26. The van der Waals surface area contributed by atoms with Crippen LogP contribution in [0.5, 0.6) is 0 Å². The van der Waals surface area contributed by atoms with Crippen molar-refractivity contribution in [3.05, 3.63) is 65.0 Å². The van der Waals surface area contributed by atoms with Crippen molar-refractivity contribution in [2.24, 2.45) is 5.92 Å². The van der Waals surface area contributed by atoms with Crippen LogP contribution in [0.4, 0.5) is 8.78 Å². The van der Waals surface area contributed by atoms with Gasteiger partial charge in [-0.05, 0) is 62.8 Å². The molecular weight excluding hydrogens is 360 g/mol. The second kappa shape index (κ2) is 7.70. The Balaban J connectivity index is 1.47. The second-order valence-corrected chi connectivity index (χ2v) is 7.52. The molecule has 1 N–H and O–H groups in total. The number of imidazole rings is 1. The normalized spacial score (nSPS) is 17.2. The van der Waals surface area contributed by atoms with E-state index in [9.17, 15) is 13.6 Å². The second-order valence-electron chi connectivity index (χ2n) is 7.52. The molecule has 0 unspecified atom stereocenters. The van der Waals surface area contributed by atoms with Gasteiger partial charge in [0.05, 0.1) is 11.1 Å². The SMILES string of the molecule is Cc1nc2c(C(=O)N3CCC[C@@H](CCc4c(F)cccc4F)C3)cccc2[nH]1. The molecule has 1 amide bonds. The first kappa shape index (κ1) is 18.6. The number of benzene rings is 2. The van der Waals surface area contributed by atoms with Gasteiger partial charge in [0.2, 0.25) is 0 Å². The van der Waals surface area contributed by atoms with Crippen LogP contribution in [0.3, 0.4) is 0 Å². The van der Waals surface area contributed by atoms with Gasteiger partial charge in [-0.1, -0.05) is 12.1 Å². The molecule has 1 aliphatic rings. The summed E-state index contributed by atoms with van der Waals surface area (Å²) in [5, 5.41) is 0. The molecule has 0 radical (unpaired) electrons. The number of aryl methyl sites for hydroxylation is 1. The van der Waals surface area contributed by atoms with E-state index in [0.29, 0.717) is 37.0 Å². The minimum atomic E-state index is -0.496. The number of carbonyl (C=O) groups excluding carboxylic acids is 1. The number of aromatic amines is 1. The molecule has 6 heteroatoms. The smallest absolute Gasteiger partial charge is 0.256 e. The average Bonchev–Trinajstić information content (AvgIpc) is 3.07. The third-order valence-electron chi connectivity index (χ3n) is 5.53. The van der Waals surface area contributed by atoms with Crippen LogP contribution in [-0.4, -0.2) is 33.9 Å². The number of rotatable bonds is 4. The Kier molecular flexibility index (Phi) is 5.11. The summed E-state index contributed by atoms with van der Waals surface area (Å²) in [6.45, 7) is 3.17. The van der Waals surface area contributed by atoms with Crippen LogP contribution in [0.15, 0.2) is 36.4 Å². The van der Waals surface area contributed by atoms with Gasteiger partial charge in [-0.2, -0.15) is 0 Å². The van der Waals surface area contributed by atoms with E-state index in [4.69, 9.17) is 0 Å². The number of amides is 1. The third-order valence-corrected chi connectivity index (χ3v) is 5.53. The summed E-state index contributed by atoms with van der Waals surface area (Å²) in [5.74, 6) is -0.0111. The van der Waals surface area contributed by atoms with E-state index in [1.807, 2.05) is 30.0 Å². The first-order chi connectivity index (χ1) is 13.5. The number of halogens is 2. The third kappa shape index (κ3) is 3.63. The molecule has 0 spiro atoms. The lowest BCUT2D eigenvalue weighted by Crippen LogP contribution is -2.40. The van der Waals surface area contributed by atoms with Gasteiger partial charge in [0.15, 0.2) is 0 Å². The van der Waals surface area contributed by atoms with Crippen LogP contribution in [0.25, 0.3) is 11.0 Å². The van der Waals surface area contributed by atoms with Crippen LogP contribution in [0, 0.1) is 24.5 Å². The molecule has 2 heterocycles. The predicted octanol–water partition coefficient (Wildman–Crippen LogP) is 4.63. The van der Waals surface area contributed by atoms with Crippen molar-refractivity contribution >= 4 is 16.9 Å². The fraction of sp³-hybridized carbons (Fsp3) is 0.364. The largest absolute Gasteiger partial charge is 0.342 e. The Morgan fingerprint density at radius 3 is 2.75 bits per heavy atom. The molecule has 146 valence electrons. The van der Waals surface area contributed by atoms with Gasteiger partial charge in [0.1, 0.15) is 23.0 Å². The van der Waals surface area contributed by atoms with E-state index >= 15 is 0 Å². The number of H-pyrrole nitrogens is 1. The van der Waals surface area contributed by atoms with Gasteiger partial charge in [-0.15, -0.1) is 0 Å². The van der Waals surface area contributed by atoms with Crippen molar-refractivity contribution in [3.8, 4) is 0 Å². The van der Waals surface area contributed by atoms with E-state index in [1.54, 1.807) is 0 Å². The molecule has 0 saturated carbocycles. The molecule has 0 aliphatic carbocycles. The number of carbonyl (C=O) groups is 1. The molecule has 1 aromatic heterocycles. The average molecular weight is 383 g/mol. The Bertz CT molecular complexity index is 994. The zero-order chi connectivity index (χ0) is 19.7. The fourth-order valence-electron chi connectivity index (χ4n) is 4.10. The maximum atomic E-state index is 13.9. The van der Waals surface area contributed by atoms with Crippen LogP contribution in [-0.2, 0) is 6.42 Å². The summed E-state index contributed by atoms with van der Waals surface area (Å²) in [6, 6.07) is 9.54. The summed E-state index contributed by atoms with van der Waals surface area (Å²) in [4.78, 5) is 22.6. The molecule has 1 saturated heterocycles. The van der Waals surface area contributed by atoms with Gasteiger partial charge in [-0.25, -0.2) is 13.8 Å². The molecule has 0 bridgehead atoms. The molecule has 4 rings (SSSR count). The number of aromatic nitrogens is 2. The Morgan fingerprint density at radius 2 is 1.96 bits per heavy atom. The Labute approximate surface area is 162 Å².